The lowest BCUT2D eigenvalue weighted by Crippen LogP contribution is -2.26. The number of halogens is 1. The van der Waals surface area contributed by atoms with Crippen LogP contribution in [0.1, 0.15) is 37.8 Å². The quantitative estimate of drug-likeness (QED) is 0.361. The van der Waals surface area contributed by atoms with Crippen molar-refractivity contribution in [1.82, 2.24) is 0 Å². The van der Waals surface area contributed by atoms with Crippen molar-refractivity contribution < 1.29 is 20.2 Å². The van der Waals surface area contributed by atoms with Gasteiger partial charge in [0.05, 0.1) is 17.1 Å². The second kappa shape index (κ2) is 7.88. The molecule has 8 heteroatoms. The van der Waals surface area contributed by atoms with Crippen LogP contribution in [0.5, 0.6) is 11.5 Å². The molecule has 1 rings (SSSR count). The Labute approximate surface area is 122 Å². The maximum absolute atomic E-state index is 10.7. The van der Waals surface area contributed by atoms with E-state index in [0.717, 1.165) is 25.0 Å². The molecule has 0 radical (unpaired) electrons. The number of aliphatic hydroxyl groups is 1. The number of benzene rings is 1. The van der Waals surface area contributed by atoms with Crippen molar-refractivity contribution in [3.8, 4) is 11.5 Å². The molecule has 0 aliphatic carbocycles. The summed E-state index contributed by atoms with van der Waals surface area (Å²) in [7, 11) is 0. The highest BCUT2D eigenvalue weighted by Gasteiger charge is 2.24. The van der Waals surface area contributed by atoms with Crippen LogP contribution in [0.2, 0.25) is 0 Å². The molecule has 20 heavy (non-hydrogen) atoms. The summed E-state index contributed by atoms with van der Waals surface area (Å²) >= 11 is 0. The fourth-order valence-corrected chi connectivity index (χ4v) is 1.77. The van der Waals surface area contributed by atoms with Gasteiger partial charge in [0.2, 0.25) is 5.75 Å². The number of hydrogen-bond acceptors (Lipinski definition) is 6. The lowest BCUT2D eigenvalue weighted by atomic mass is 9.97. The topological polar surface area (TPSA) is 130 Å². The molecule has 2 atom stereocenters. The Bertz CT molecular complexity index is 469. The van der Waals surface area contributed by atoms with Gasteiger partial charge in [0, 0.05) is 6.07 Å². The van der Waals surface area contributed by atoms with Gasteiger partial charge < -0.3 is 21.1 Å². The van der Waals surface area contributed by atoms with Crippen molar-refractivity contribution in [2.45, 2.75) is 38.3 Å². The number of nitrogens with zero attached hydrogens (tertiary/aromatic N) is 1. The Balaban J connectivity index is 0.00000361. The number of phenols is 2. The van der Waals surface area contributed by atoms with Crippen molar-refractivity contribution in [3.63, 3.8) is 0 Å². The second-order valence-electron chi connectivity index (χ2n) is 4.40. The number of phenolic OH excluding ortho intramolecular Hbond substituents is 2. The number of nitrogens with two attached hydrogens (primary N) is 1. The molecule has 0 saturated heterocycles. The molecule has 114 valence electrons. The molecular formula is C12H19ClN2O5. The Morgan fingerprint density at radius 1 is 1.40 bits per heavy atom. The Kier molecular flexibility index (Phi) is 7.26. The number of nitro benzene ring substituents is 1. The summed E-state index contributed by atoms with van der Waals surface area (Å²) in [4.78, 5) is 9.91. The first-order valence-corrected chi connectivity index (χ1v) is 6.02. The molecule has 0 bridgehead atoms. The molecule has 0 saturated carbocycles. The first-order valence-electron chi connectivity index (χ1n) is 6.02. The number of nitro groups is 1. The van der Waals surface area contributed by atoms with Gasteiger partial charge in [-0.05, 0) is 18.1 Å². The summed E-state index contributed by atoms with van der Waals surface area (Å²) in [6, 6.07) is 1.34. The predicted molar refractivity (Wildman–Crippen MR) is 76.1 cm³/mol. The normalized spacial score (nSPS) is 13.3. The summed E-state index contributed by atoms with van der Waals surface area (Å²) in [6.07, 6.45) is 1.28. The van der Waals surface area contributed by atoms with Crippen LogP contribution in [0, 0.1) is 10.1 Å². The lowest BCUT2D eigenvalue weighted by molar-refractivity contribution is -0.386. The third kappa shape index (κ3) is 4.22. The van der Waals surface area contributed by atoms with E-state index in [2.05, 4.69) is 0 Å². The van der Waals surface area contributed by atoms with Gasteiger partial charge in [0.25, 0.3) is 0 Å². The van der Waals surface area contributed by atoms with Crippen LogP contribution in [0.15, 0.2) is 12.1 Å². The highest BCUT2D eigenvalue weighted by Crippen LogP contribution is 2.38. The van der Waals surface area contributed by atoms with Gasteiger partial charge in [-0.15, -0.1) is 12.4 Å². The first-order chi connectivity index (χ1) is 8.88. The smallest absolute Gasteiger partial charge is 0.314 e. The van der Waals surface area contributed by atoms with Crippen LogP contribution in [-0.2, 0) is 0 Å². The van der Waals surface area contributed by atoms with Crippen LogP contribution in [0.25, 0.3) is 0 Å². The summed E-state index contributed by atoms with van der Waals surface area (Å²) in [6.45, 7) is 1.97. The number of rotatable bonds is 6. The van der Waals surface area contributed by atoms with Gasteiger partial charge in [-0.1, -0.05) is 19.8 Å². The zero-order valence-corrected chi connectivity index (χ0v) is 11.8. The SMILES string of the molecule is CCCC[C@@H](O)[C@@H](N)c1cc(O)c(O)c([N+](=O)[O-])c1.Cl. The minimum Gasteiger partial charge on any atom is -0.504 e. The molecule has 1 aromatic rings. The van der Waals surface area contributed by atoms with Crippen LogP contribution in [0.3, 0.4) is 0 Å². The van der Waals surface area contributed by atoms with Crippen LogP contribution >= 0.6 is 12.4 Å². The first kappa shape index (κ1) is 18.4. The van der Waals surface area contributed by atoms with Gasteiger partial charge in [-0.2, -0.15) is 0 Å². The van der Waals surface area contributed by atoms with Gasteiger partial charge in [0.15, 0.2) is 5.75 Å². The molecule has 0 heterocycles. The molecule has 0 fully saturated rings. The fourth-order valence-electron chi connectivity index (χ4n) is 1.77. The fraction of sp³-hybridized carbons (Fsp3) is 0.500. The monoisotopic (exact) mass is 306 g/mol. The van der Waals surface area contributed by atoms with E-state index < -0.39 is 34.3 Å². The lowest BCUT2D eigenvalue weighted by Gasteiger charge is -2.19. The van der Waals surface area contributed by atoms with E-state index in [-0.39, 0.29) is 18.0 Å². The van der Waals surface area contributed by atoms with Crippen molar-refractivity contribution in [1.29, 1.82) is 0 Å². The minimum absolute atomic E-state index is 0. The van der Waals surface area contributed by atoms with E-state index >= 15 is 0 Å². The zero-order chi connectivity index (χ0) is 14.6. The Morgan fingerprint density at radius 3 is 2.50 bits per heavy atom. The van der Waals surface area contributed by atoms with Gasteiger partial charge in [-0.3, -0.25) is 10.1 Å². The molecule has 0 aromatic heterocycles. The van der Waals surface area contributed by atoms with Gasteiger partial charge in [0.1, 0.15) is 0 Å². The van der Waals surface area contributed by atoms with E-state index in [1.807, 2.05) is 6.92 Å². The van der Waals surface area contributed by atoms with Crippen molar-refractivity contribution in [3.05, 3.63) is 27.8 Å². The molecule has 0 amide bonds. The average Bonchev–Trinajstić information content (AvgIpc) is 2.37. The molecule has 0 unspecified atom stereocenters. The Morgan fingerprint density at radius 2 is 2.00 bits per heavy atom. The van der Waals surface area contributed by atoms with Gasteiger partial charge in [-0.25, -0.2) is 0 Å². The molecular weight excluding hydrogens is 288 g/mol. The van der Waals surface area contributed by atoms with E-state index in [4.69, 9.17) is 5.73 Å². The molecule has 7 nitrogen and oxygen atoms in total. The van der Waals surface area contributed by atoms with Crippen molar-refractivity contribution in [2.75, 3.05) is 0 Å². The van der Waals surface area contributed by atoms with Crippen LogP contribution < -0.4 is 5.73 Å². The molecule has 0 spiro atoms. The molecule has 0 aliphatic heterocycles. The second-order valence-corrected chi connectivity index (χ2v) is 4.40. The highest BCUT2D eigenvalue weighted by atomic mass is 35.5. The summed E-state index contributed by atoms with van der Waals surface area (Å²) in [5, 5.41) is 39.4. The largest absolute Gasteiger partial charge is 0.504 e. The molecule has 5 N–H and O–H groups in total. The number of unbranched alkanes of at least 4 members (excludes halogenated alkanes) is 1. The number of aromatic hydroxyl groups is 2. The summed E-state index contributed by atoms with van der Waals surface area (Å²) in [5.74, 6) is -1.42. The van der Waals surface area contributed by atoms with Crippen LogP contribution in [-0.4, -0.2) is 26.3 Å². The minimum atomic E-state index is -0.858. The maximum atomic E-state index is 10.7. The molecule has 0 aliphatic rings. The van der Waals surface area contributed by atoms with Crippen LogP contribution in [0.4, 0.5) is 5.69 Å². The summed E-state index contributed by atoms with van der Waals surface area (Å²) in [5.41, 5.74) is 5.38. The number of aliphatic hydroxyl groups excluding tert-OH is 1. The van der Waals surface area contributed by atoms with E-state index in [9.17, 15) is 25.4 Å². The number of hydrogen-bond donors (Lipinski definition) is 4. The Hall–Kier alpha value is -1.57. The van der Waals surface area contributed by atoms with Crippen molar-refractivity contribution in [2.24, 2.45) is 5.73 Å². The predicted octanol–water partition coefficient (Wildman–Crippen LogP) is 1.98. The zero-order valence-electron chi connectivity index (χ0n) is 11.0. The van der Waals surface area contributed by atoms with E-state index in [0.29, 0.717) is 6.42 Å². The standard InChI is InChI=1S/C12H18N2O5.ClH/c1-2-3-4-9(15)11(13)7-5-8(14(18)19)12(17)10(16)6-7;/h5-6,9,11,15-17H,2-4,13H2,1H3;1H/t9-,11+;/m1./s1. The van der Waals surface area contributed by atoms with E-state index in [1.54, 1.807) is 0 Å². The highest BCUT2D eigenvalue weighted by molar-refractivity contribution is 5.85. The maximum Gasteiger partial charge on any atom is 0.314 e. The van der Waals surface area contributed by atoms with E-state index in [1.165, 1.54) is 0 Å². The molecule has 1 aromatic carbocycles. The third-order valence-corrected chi connectivity index (χ3v) is 2.94. The third-order valence-electron chi connectivity index (χ3n) is 2.94. The van der Waals surface area contributed by atoms with Gasteiger partial charge >= 0.3 is 5.69 Å². The average molecular weight is 307 g/mol. The summed E-state index contributed by atoms with van der Waals surface area (Å²) < 4.78 is 0. The van der Waals surface area contributed by atoms with Crippen molar-refractivity contribution >= 4 is 18.1 Å².